The molecular formula is C17H22F3N. The maximum absolute atomic E-state index is 12.9. The highest BCUT2D eigenvalue weighted by atomic mass is 19.4. The van der Waals surface area contributed by atoms with E-state index in [9.17, 15) is 13.2 Å². The summed E-state index contributed by atoms with van der Waals surface area (Å²) < 4.78 is 38.7. The number of alkyl halides is 3. The van der Waals surface area contributed by atoms with Crippen LogP contribution in [0.3, 0.4) is 0 Å². The van der Waals surface area contributed by atoms with E-state index in [-0.39, 0.29) is 5.56 Å². The van der Waals surface area contributed by atoms with E-state index in [1.54, 1.807) is 6.07 Å². The van der Waals surface area contributed by atoms with Gasteiger partial charge in [-0.1, -0.05) is 24.6 Å². The van der Waals surface area contributed by atoms with Crippen molar-refractivity contribution in [3.8, 4) is 0 Å². The largest absolute Gasteiger partial charge is 0.416 e. The normalized spacial score (nSPS) is 22.9. The lowest BCUT2D eigenvalue weighted by atomic mass is 9.83. The first-order valence-corrected chi connectivity index (χ1v) is 7.34. The molecule has 1 aliphatic carbocycles. The summed E-state index contributed by atoms with van der Waals surface area (Å²) in [4.78, 5) is 0. The van der Waals surface area contributed by atoms with Crippen LogP contribution < -0.4 is 5.32 Å². The summed E-state index contributed by atoms with van der Waals surface area (Å²) >= 11 is 0. The minimum atomic E-state index is -4.29. The van der Waals surface area contributed by atoms with Crippen LogP contribution in [0.25, 0.3) is 0 Å². The zero-order valence-electron chi connectivity index (χ0n) is 12.7. The lowest BCUT2D eigenvalue weighted by molar-refractivity contribution is -0.138. The topological polar surface area (TPSA) is 12.0 Å². The third-order valence-corrected chi connectivity index (χ3v) is 4.02. The van der Waals surface area contributed by atoms with Crippen molar-refractivity contribution < 1.29 is 13.2 Å². The van der Waals surface area contributed by atoms with Gasteiger partial charge in [0.15, 0.2) is 0 Å². The van der Waals surface area contributed by atoms with Gasteiger partial charge in [0.05, 0.1) is 5.56 Å². The van der Waals surface area contributed by atoms with Gasteiger partial charge in [-0.25, -0.2) is 0 Å². The van der Waals surface area contributed by atoms with Crippen LogP contribution in [0.4, 0.5) is 18.9 Å². The Morgan fingerprint density at radius 1 is 1.24 bits per heavy atom. The van der Waals surface area contributed by atoms with Crippen LogP contribution in [-0.2, 0) is 6.18 Å². The fourth-order valence-corrected chi connectivity index (χ4v) is 3.14. The molecule has 2 atom stereocenters. The van der Waals surface area contributed by atoms with Gasteiger partial charge in [-0.3, -0.25) is 0 Å². The molecule has 0 aliphatic heterocycles. The second-order valence-electron chi connectivity index (χ2n) is 6.20. The van der Waals surface area contributed by atoms with E-state index in [1.807, 2.05) is 0 Å². The third-order valence-electron chi connectivity index (χ3n) is 4.02. The second kappa shape index (κ2) is 6.12. The zero-order chi connectivity index (χ0) is 15.6. The molecule has 2 rings (SSSR count). The predicted molar refractivity (Wildman–Crippen MR) is 80.3 cm³/mol. The van der Waals surface area contributed by atoms with Crippen LogP contribution in [0.2, 0.25) is 0 Å². The van der Waals surface area contributed by atoms with Crippen molar-refractivity contribution in [2.24, 2.45) is 11.8 Å². The average molecular weight is 297 g/mol. The Morgan fingerprint density at radius 2 is 1.95 bits per heavy atom. The molecule has 116 valence electrons. The quantitative estimate of drug-likeness (QED) is 0.735. The molecule has 1 aliphatic rings. The van der Waals surface area contributed by atoms with Crippen LogP contribution in [0.15, 0.2) is 29.8 Å². The van der Waals surface area contributed by atoms with Crippen molar-refractivity contribution >= 4 is 5.69 Å². The number of anilines is 1. The molecule has 0 saturated heterocycles. The van der Waals surface area contributed by atoms with Gasteiger partial charge in [0.25, 0.3) is 0 Å². The molecule has 1 aromatic carbocycles. The number of hydrogen-bond acceptors (Lipinski definition) is 1. The Bertz CT molecular complexity index is 531. The van der Waals surface area contributed by atoms with Crippen LogP contribution >= 0.6 is 0 Å². The molecule has 4 heteroatoms. The highest BCUT2D eigenvalue weighted by Gasteiger charge is 2.32. The molecule has 2 unspecified atom stereocenters. The van der Waals surface area contributed by atoms with E-state index >= 15 is 0 Å². The standard InChI is InChI=1S/C17H22F3N/c1-11-6-12(2)8-14(7-11)10-21-15-5-4-13(3)16(9-15)17(18,19)20/h4-6,9,11,14,21H,7-8,10H2,1-3H3. The molecule has 0 saturated carbocycles. The molecule has 0 amide bonds. The maximum atomic E-state index is 12.9. The van der Waals surface area contributed by atoms with Crippen molar-refractivity contribution in [3.63, 3.8) is 0 Å². The summed E-state index contributed by atoms with van der Waals surface area (Å²) in [5, 5.41) is 3.17. The zero-order valence-corrected chi connectivity index (χ0v) is 12.7. The van der Waals surface area contributed by atoms with Gasteiger partial charge in [0, 0.05) is 12.2 Å². The molecule has 0 radical (unpaired) electrons. The Labute approximate surface area is 124 Å². The Morgan fingerprint density at radius 3 is 2.57 bits per heavy atom. The first-order chi connectivity index (χ1) is 9.75. The number of benzene rings is 1. The van der Waals surface area contributed by atoms with Crippen LogP contribution in [0, 0.1) is 18.8 Å². The smallest absolute Gasteiger partial charge is 0.385 e. The monoisotopic (exact) mass is 297 g/mol. The minimum Gasteiger partial charge on any atom is -0.385 e. The minimum absolute atomic E-state index is 0.262. The molecule has 1 nitrogen and oxygen atoms in total. The van der Waals surface area contributed by atoms with Crippen molar-refractivity contribution in [1.82, 2.24) is 0 Å². The lowest BCUT2D eigenvalue weighted by Crippen LogP contribution is -2.20. The molecule has 0 fully saturated rings. The number of nitrogens with one attached hydrogen (secondary N) is 1. The van der Waals surface area contributed by atoms with Crippen molar-refractivity contribution in [1.29, 1.82) is 0 Å². The SMILES string of the molecule is CC1=CC(C)CC(CNc2ccc(C)c(C(F)(F)F)c2)C1. The van der Waals surface area contributed by atoms with Gasteiger partial charge >= 0.3 is 6.18 Å². The summed E-state index contributed by atoms with van der Waals surface area (Å²) in [6.07, 6.45) is 0.0994. The molecular weight excluding hydrogens is 275 g/mol. The van der Waals surface area contributed by atoms with Crippen LogP contribution in [0.1, 0.15) is 37.8 Å². The van der Waals surface area contributed by atoms with Crippen molar-refractivity contribution in [2.75, 3.05) is 11.9 Å². The summed E-state index contributed by atoms with van der Waals surface area (Å²) in [7, 11) is 0. The average Bonchev–Trinajstić information content (AvgIpc) is 2.35. The summed E-state index contributed by atoms with van der Waals surface area (Å²) in [5.41, 5.74) is 1.63. The molecule has 0 heterocycles. The Hall–Kier alpha value is -1.45. The third kappa shape index (κ3) is 4.26. The van der Waals surface area contributed by atoms with Crippen LogP contribution in [-0.4, -0.2) is 6.54 Å². The second-order valence-corrected chi connectivity index (χ2v) is 6.20. The summed E-state index contributed by atoms with van der Waals surface area (Å²) in [6.45, 7) is 6.51. The van der Waals surface area contributed by atoms with Gasteiger partial charge in [0.1, 0.15) is 0 Å². The first-order valence-electron chi connectivity index (χ1n) is 7.34. The number of allylic oxidation sites excluding steroid dienone is 2. The van der Waals surface area contributed by atoms with E-state index in [0.29, 0.717) is 17.5 Å². The first kappa shape index (κ1) is 15.9. The molecule has 0 bridgehead atoms. The van der Waals surface area contributed by atoms with E-state index in [4.69, 9.17) is 0 Å². The van der Waals surface area contributed by atoms with Crippen LogP contribution in [0.5, 0.6) is 0 Å². The van der Waals surface area contributed by atoms with Crippen molar-refractivity contribution in [3.05, 3.63) is 41.0 Å². The van der Waals surface area contributed by atoms with Crippen molar-refractivity contribution in [2.45, 2.75) is 39.8 Å². The maximum Gasteiger partial charge on any atom is 0.416 e. The number of halogens is 3. The molecule has 0 aromatic heterocycles. The van der Waals surface area contributed by atoms with E-state index < -0.39 is 11.7 Å². The number of rotatable bonds is 3. The fraction of sp³-hybridized carbons (Fsp3) is 0.529. The molecule has 0 spiro atoms. The van der Waals surface area contributed by atoms with Gasteiger partial charge in [-0.15, -0.1) is 0 Å². The molecule has 1 aromatic rings. The van der Waals surface area contributed by atoms with Gasteiger partial charge in [-0.2, -0.15) is 13.2 Å². The number of hydrogen-bond donors (Lipinski definition) is 1. The highest BCUT2D eigenvalue weighted by molar-refractivity contribution is 5.49. The summed E-state index contributed by atoms with van der Waals surface area (Å²) in [5.74, 6) is 1.04. The van der Waals surface area contributed by atoms with E-state index in [2.05, 4.69) is 25.2 Å². The molecule has 21 heavy (non-hydrogen) atoms. The highest BCUT2D eigenvalue weighted by Crippen LogP contribution is 2.34. The van der Waals surface area contributed by atoms with Gasteiger partial charge in [0.2, 0.25) is 0 Å². The predicted octanol–water partition coefficient (Wildman–Crippen LogP) is 5.42. The van der Waals surface area contributed by atoms with E-state index in [0.717, 1.165) is 19.4 Å². The number of aryl methyl sites for hydroxylation is 1. The Kier molecular flexibility index (Phi) is 4.64. The Balaban J connectivity index is 2.03. The fourth-order valence-electron chi connectivity index (χ4n) is 3.14. The summed E-state index contributed by atoms with van der Waals surface area (Å²) in [6, 6.07) is 4.46. The van der Waals surface area contributed by atoms with Gasteiger partial charge < -0.3 is 5.32 Å². The lowest BCUT2D eigenvalue weighted by Gasteiger charge is -2.26. The van der Waals surface area contributed by atoms with Gasteiger partial charge in [-0.05, 0) is 56.2 Å². The molecule has 1 N–H and O–H groups in total. The van der Waals surface area contributed by atoms with E-state index in [1.165, 1.54) is 24.6 Å².